The summed E-state index contributed by atoms with van der Waals surface area (Å²) in [7, 11) is 0. The quantitative estimate of drug-likeness (QED) is 0.888. The molecule has 0 unspecified atom stereocenters. The Hall–Kier alpha value is -0.770. The first-order valence-corrected chi connectivity index (χ1v) is 6.76. The van der Waals surface area contributed by atoms with Crippen molar-refractivity contribution in [3.8, 4) is 0 Å². The van der Waals surface area contributed by atoms with E-state index in [-0.39, 0.29) is 12.4 Å². The maximum Gasteiger partial charge on any atom is 0.0773 e. The van der Waals surface area contributed by atoms with Crippen LogP contribution in [0.5, 0.6) is 0 Å². The van der Waals surface area contributed by atoms with Gasteiger partial charge in [0.25, 0.3) is 0 Å². The SMILES string of the molecule is Cl.N[C@@H](c1cc(Cl)ccc1Cl)[C@H](O)Cc1ccccc1. The van der Waals surface area contributed by atoms with Gasteiger partial charge < -0.3 is 10.8 Å². The number of benzene rings is 2. The molecule has 0 amide bonds. The van der Waals surface area contributed by atoms with Crippen LogP contribution in [0.4, 0.5) is 0 Å². The van der Waals surface area contributed by atoms with Gasteiger partial charge in [-0.2, -0.15) is 0 Å². The Kier molecular flexibility index (Phi) is 6.80. The lowest BCUT2D eigenvalue weighted by atomic mass is 9.97. The third-order valence-corrected chi connectivity index (χ3v) is 3.60. The Morgan fingerprint density at radius 2 is 1.70 bits per heavy atom. The Bertz CT molecular complexity index is 548. The molecule has 0 spiro atoms. The van der Waals surface area contributed by atoms with Crippen molar-refractivity contribution in [1.82, 2.24) is 0 Å². The van der Waals surface area contributed by atoms with Crippen molar-refractivity contribution in [2.24, 2.45) is 5.73 Å². The lowest BCUT2D eigenvalue weighted by Gasteiger charge is -2.20. The summed E-state index contributed by atoms with van der Waals surface area (Å²) >= 11 is 12.0. The highest BCUT2D eigenvalue weighted by Crippen LogP contribution is 2.27. The van der Waals surface area contributed by atoms with Crippen molar-refractivity contribution in [3.05, 3.63) is 69.7 Å². The topological polar surface area (TPSA) is 46.2 Å². The van der Waals surface area contributed by atoms with Crippen LogP contribution in [-0.2, 0) is 6.42 Å². The normalized spacial score (nSPS) is 13.4. The Morgan fingerprint density at radius 3 is 2.35 bits per heavy atom. The summed E-state index contributed by atoms with van der Waals surface area (Å²) in [5, 5.41) is 11.3. The van der Waals surface area contributed by atoms with Crippen LogP contribution in [0.3, 0.4) is 0 Å². The third-order valence-electron chi connectivity index (χ3n) is 3.02. The molecule has 2 aromatic rings. The number of aliphatic hydroxyl groups excluding tert-OH is 1. The van der Waals surface area contributed by atoms with Gasteiger partial charge in [-0.1, -0.05) is 53.5 Å². The van der Waals surface area contributed by atoms with E-state index < -0.39 is 12.1 Å². The maximum atomic E-state index is 10.2. The fourth-order valence-corrected chi connectivity index (χ4v) is 2.38. The van der Waals surface area contributed by atoms with Gasteiger partial charge in [0.05, 0.1) is 12.1 Å². The van der Waals surface area contributed by atoms with Crippen molar-refractivity contribution in [2.75, 3.05) is 0 Å². The number of rotatable bonds is 4. The molecule has 0 saturated carbocycles. The van der Waals surface area contributed by atoms with Gasteiger partial charge in [0, 0.05) is 16.5 Å². The number of hydrogen-bond donors (Lipinski definition) is 2. The predicted molar refractivity (Wildman–Crippen MR) is 86.8 cm³/mol. The summed E-state index contributed by atoms with van der Waals surface area (Å²) in [6, 6.07) is 14.2. The van der Waals surface area contributed by atoms with Crippen LogP contribution in [-0.4, -0.2) is 11.2 Å². The average Bonchev–Trinajstić information content (AvgIpc) is 2.42. The van der Waals surface area contributed by atoms with Crippen molar-refractivity contribution >= 4 is 35.6 Å². The van der Waals surface area contributed by atoms with Gasteiger partial charge in [-0.15, -0.1) is 12.4 Å². The molecule has 5 heteroatoms. The molecule has 0 radical (unpaired) electrons. The Morgan fingerprint density at radius 1 is 1.05 bits per heavy atom. The largest absolute Gasteiger partial charge is 0.391 e. The van der Waals surface area contributed by atoms with Gasteiger partial charge in [-0.25, -0.2) is 0 Å². The van der Waals surface area contributed by atoms with E-state index in [1.165, 1.54) is 0 Å². The van der Waals surface area contributed by atoms with Crippen molar-refractivity contribution in [3.63, 3.8) is 0 Å². The first kappa shape index (κ1) is 17.3. The number of hydrogen-bond acceptors (Lipinski definition) is 2. The molecule has 2 aromatic carbocycles. The summed E-state index contributed by atoms with van der Waals surface area (Å²) in [4.78, 5) is 0. The molecule has 0 aliphatic rings. The molecule has 0 bridgehead atoms. The van der Waals surface area contributed by atoms with E-state index in [0.29, 0.717) is 22.0 Å². The van der Waals surface area contributed by atoms with E-state index in [2.05, 4.69) is 0 Å². The Balaban J connectivity index is 0.00000200. The van der Waals surface area contributed by atoms with Gasteiger partial charge in [-0.05, 0) is 29.3 Å². The predicted octanol–water partition coefficient (Wildman–Crippen LogP) is 4.02. The van der Waals surface area contributed by atoms with Crippen molar-refractivity contribution < 1.29 is 5.11 Å². The zero-order valence-corrected chi connectivity index (χ0v) is 13.0. The van der Waals surface area contributed by atoms with E-state index >= 15 is 0 Å². The molecular weight excluding hydrogens is 317 g/mol. The molecular formula is C15H16Cl3NO. The zero-order chi connectivity index (χ0) is 13.8. The van der Waals surface area contributed by atoms with Gasteiger partial charge in [0.1, 0.15) is 0 Å². The summed E-state index contributed by atoms with van der Waals surface area (Å²) in [6.07, 6.45) is -0.233. The monoisotopic (exact) mass is 331 g/mol. The highest BCUT2D eigenvalue weighted by molar-refractivity contribution is 6.33. The molecule has 2 nitrogen and oxygen atoms in total. The van der Waals surface area contributed by atoms with Crippen LogP contribution in [0.15, 0.2) is 48.5 Å². The lowest BCUT2D eigenvalue weighted by molar-refractivity contribution is 0.145. The van der Waals surface area contributed by atoms with Crippen LogP contribution in [0.2, 0.25) is 10.0 Å². The molecule has 20 heavy (non-hydrogen) atoms. The van der Waals surface area contributed by atoms with Gasteiger partial charge >= 0.3 is 0 Å². The first-order chi connectivity index (χ1) is 9.08. The third kappa shape index (κ3) is 4.37. The fourth-order valence-electron chi connectivity index (χ4n) is 1.96. The van der Waals surface area contributed by atoms with E-state index in [1.807, 2.05) is 30.3 Å². The smallest absolute Gasteiger partial charge is 0.0773 e. The summed E-state index contributed by atoms with van der Waals surface area (Å²) in [5.41, 5.74) is 7.76. The Labute approximate surface area is 134 Å². The molecule has 0 fully saturated rings. The number of nitrogens with two attached hydrogens (primary N) is 1. The molecule has 0 saturated heterocycles. The molecule has 108 valence electrons. The van der Waals surface area contributed by atoms with Gasteiger partial charge in [0.2, 0.25) is 0 Å². The van der Waals surface area contributed by atoms with Gasteiger partial charge in [0.15, 0.2) is 0 Å². The zero-order valence-electron chi connectivity index (χ0n) is 10.7. The maximum absolute atomic E-state index is 10.2. The van der Waals surface area contributed by atoms with Crippen LogP contribution in [0.25, 0.3) is 0 Å². The first-order valence-electron chi connectivity index (χ1n) is 6.00. The van der Waals surface area contributed by atoms with Crippen molar-refractivity contribution in [2.45, 2.75) is 18.6 Å². The second-order valence-electron chi connectivity index (χ2n) is 4.45. The highest BCUT2D eigenvalue weighted by Gasteiger charge is 2.20. The minimum atomic E-state index is -0.710. The number of aliphatic hydroxyl groups is 1. The fraction of sp³-hybridized carbons (Fsp3) is 0.200. The average molecular weight is 333 g/mol. The van der Waals surface area contributed by atoms with E-state index in [4.69, 9.17) is 28.9 Å². The number of halogens is 3. The van der Waals surface area contributed by atoms with E-state index in [9.17, 15) is 5.11 Å². The molecule has 3 N–H and O–H groups in total. The summed E-state index contributed by atoms with van der Waals surface area (Å²) < 4.78 is 0. The second-order valence-corrected chi connectivity index (χ2v) is 5.29. The van der Waals surface area contributed by atoms with Gasteiger partial charge in [-0.3, -0.25) is 0 Å². The molecule has 0 heterocycles. The molecule has 0 aliphatic carbocycles. The van der Waals surface area contributed by atoms with Crippen LogP contribution in [0, 0.1) is 0 Å². The van der Waals surface area contributed by atoms with E-state index in [0.717, 1.165) is 5.56 Å². The standard InChI is InChI=1S/C15H15Cl2NO.ClH/c16-11-6-7-13(17)12(9-11)15(18)14(19)8-10-4-2-1-3-5-10;/h1-7,9,14-15,19H,8,18H2;1H/t14-,15+;/m1./s1. The second kappa shape index (κ2) is 7.87. The van der Waals surface area contributed by atoms with Crippen LogP contribution in [0.1, 0.15) is 17.2 Å². The van der Waals surface area contributed by atoms with E-state index in [1.54, 1.807) is 18.2 Å². The lowest BCUT2D eigenvalue weighted by Crippen LogP contribution is -2.28. The molecule has 0 aromatic heterocycles. The minimum Gasteiger partial charge on any atom is -0.391 e. The molecule has 2 rings (SSSR count). The van der Waals surface area contributed by atoms with Crippen LogP contribution >= 0.6 is 35.6 Å². The molecule has 0 aliphatic heterocycles. The van der Waals surface area contributed by atoms with Crippen LogP contribution < -0.4 is 5.73 Å². The van der Waals surface area contributed by atoms with Crippen molar-refractivity contribution in [1.29, 1.82) is 0 Å². The minimum absolute atomic E-state index is 0. The summed E-state index contributed by atoms with van der Waals surface area (Å²) in [5.74, 6) is 0. The highest BCUT2D eigenvalue weighted by atomic mass is 35.5. The molecule has 2 atom stereocenters. The summed E-state index contributed by atoms with van der Waals surface area (Å²) in [6.45, 7) is 0.